The Hall–Kier alpha value is -2.58. The number of nitrogens with one attached hydrogen (secondary N) is 1. The molecule has 134 valence electrons. The van der Waals surface area contributed by atoms with Crippen LogP contribution in [0.3, 0.4) is 0 Å². The second-order valence-corrected chi connectivity index (χ2v) is 6.37. The number of ether oxygens (including phenoxy) is 1. The highest BCUT2D eigenvalue weighted by molar-refractivity contribution is 7.13. The quantitative estimate of drug-likeness (QED) is 0.660. The number of pyridine rings is 1. The fourth-order valence-electron chi connectivity index (χ4n) is 2.13. The van der Waals surface area contributed by atoms with Crippen molar-refractivity contribution in [2.45, 2.75) is 13.0 Å². The number of carbonyl (C=O) groups is 1. The van der Waals surface area contributed by atoms with Crippen molar-refractivity contribution in [1.29, 1.82) is 0 Å². The lowest BCUT2D eigenvalue weighted by Gasteiger charge is -2.09. The van der Waals surface area contributed by atoms with Gasteiger partial charge in [-0.15, -0.1) is 11.3 Å². The molecule has 0 saturated carbocycles. The molecule has 3 rings (SSSR count). The molecule has 0 aliphatic heterocycles. The van der Waals surface area contributed by atoms with Crippen LogP contribution in [0, 0.1) is 0 Å². The molecule has 1 amide bonds. The number of thiazole rings is 1. The number of rotatable bonds is 6. The number of alkyl halides is 2. The predicted molar refractivity (Wildman–Crippen MR) is 95.8 cm³/mol. The highest BCUT2D eigenvalue weighted by atomic mass is 35.5. The summed E-state index contributed by atoms with van der Waals surface area (Å²) in [4.78, 5) is 20.8. The van der Waals surface area contributed by atoms with Gasteiger partial charge in [0.2, 0.25) is 5.91 Å². The van der Waals surface area contributed by atoms with E-state index in [1.54, 1.807) is 11.6 Å². The van der Waals surface area contributed by atoms with Crippen molar-refractivity contribution < 1.29 is 18.3 Å². The number of aromatic nitrogens is 2. The number of amides is 1. The molecule has 26 heavy (non-hydrogen) atoms. The van der Waals surface area contributed by atoms with Gasteiger partial charge >= 0.3 is 6.61 Å². The van der Waals surface area contributed by atoms with Gasteiger partial charge in [-0.05, 0) is 30.3 Å². The molecule has 0 atom stereocenters. The van der Waals surface area contributed by atoms with E-state index in [0.717, 1.165) is 10.7 Å². The average molecular weight is 396 g/mol. The molecule has 1 aromatic carbocycles. The van der Waals surface area contributed by atoms with Crippen LogP contribution in [-0.4, -0.2) is 22.5 Å². The van der Waals surface area contributed by atoms with Gasteiger partial charge in [-0.25, -0.2) is 4.98 Å². The smallest absolute Gasteiger partial charge is 0.387 e. The molecular weight excluding hydrogens is 384 g/mol. The van der Waals surface area contributed by atoms with E-state index >= 15 is 0 Å². The lowest BCUT2D eigenvalue weighted by atomic mass is 10.2. The Kier molecular flexibility index (Phi) is 5.75. The topological polar surface area (TPSA) is 64.1 Å². The van der Waals surface area contributed by atoms with Gasteiger partial charge in [-0.1, -0.05) is 17.7 Å². The Morgan fingerprint density at radius 3 is 2.85 bits per heavy atom. The van der Waals surface area contributed by atoms with Crippen LogP contribution in [0.25, 0.3) is 10.7 Å². The summed E-state index contributed by atoms with van der Waals surface area (Å²) < 4.78 is 28.7. The summed E-state index contributed by atoms with van der Waals surface area (Å²) in [6, 6.07) is 9.56. The van der Waals surface area contributed by atoms with Gasteiger partial charge in [0, 0.05) is 17.3 Å². The van der Waals surface area contributed by atoms with E-state index in [9.17, 15) is 13.6 Å². The second kappa shape index (κ2) is 8.20. The Labute approximate surface area is 156 Å². The number of hydrogen-bond donors (Lipinski definition) is 1. The van der Waals surface area contributed by atoms with Crippen LogP contribution in [-0.2, 0) is 11.2 Å². The summed E-state index contributed by atoms with van der Waals surface area (Å²) in [5.74, 6) is -0.458. The molecule has 0 bridgehead atoms. The van der Waals surface area contributed by atoms with Gasteiger partial charge in [0.25, 0.3) is 0 Å². The van der Waals surface area contributed by atoms with Crippen LogP contribution < -0.4 is 10.1 Å². The fraction of sp³-hybridized carbons (Fsp3) is 0.118. The SMILES string of the molecule is O=C(Cc1csc(-c2ccccn2)n1)Nc1ccc(OC(F)F)c(Cl)c1. The zero-order valence-electron chi connectivity index (χ0n) is 13.2. The van der Waals surface area contributed by atoms with Gasteiger partial charge < -0.3 is 10.1 Å². The second-order valence-electron chi connectivity index (χ2n) is 5.11. The van der Waals surface area contributed by atoms with E-state index in [1.165, 1.54) is 29.5 Å². The highest BCUT2D eigenvalue weighted by Gasteiger charge is 2.12. The first-order chi connectivity index (χ1) is 12.5. The first kappa shape index (κ1) is 18.2. The molecule has 0 fully saturated rings. The molecule has 0 spiro atoms. The van der Waals surface area contributed by atoms with E-state index in [2.05, 4.69) is 20.0 Å². The number of anilines is 1. The van der Waals surface area contributed by atoms with Crippen LogP contribution >= 0.6 is 22.9 Å². The largest absolute Gasteiger partial charge is 0.433 e. The van der Waals surface area contributed by atoms with Crippen LogP contribution in [0.5, 0.6) is 5.75 Å². The normalized spacial score (nSPS) is 10.8. The minimum atomic E-state index is -2.97. The molecule has 0 aliphatic carbocycles. The molecular formula is C17H12ClF2N3O2S. The van der Waals surface area contributed by atoms with Gasteiger partial charge in [-0.3, -0.25) is 9.78 Å². The average Bonchev–Trinajstić information content (AvgIpc) is 3.06. The van der Waals surface area contributed by atoms with Gasteiger partial charge in [0.05, 0.1) is 22.8 Å². The third kappa shape index (κ3) is 4.74. The van der Waals surface area contributed by atoms with Crippen LogP contribution in [0.15, 0.2) is 48.0 Å². The molecule has 9 heteroatoms. The minimum absolute atomic E-state index is 0.0193. The van der Waals surface area contributed by atoms with Crippen molar-refractivity contribution in [2.75, 3.05) is 5.32 Å². The summed E-state index contributed by atoms with van der Waals surface area (Å²) in [5.41, 5.74) is 1.73. The van der Waals surface area contributed by atoms with Crippen LogP contribution in [0.2, 0.25) is 5.02 Å². The minimum Gasteiger partial charge on any atom is -0.433 e. The summed E-state index contributed by atoms with van der Waals surface area (Å²) in [6.07, 6.45) is 1.74. The molecule has 2 aromatic heterocycles. The monoisotopic (exact) mass is 395 g/mol. The fourth-order valence-corrected chi connectivity index (χ4v) is 3.16. The standard InChI is InChI=1S/C17H12ClF2N3O2S/c18-12-7-10(4-5-14(12)25-17(19)20)22-15(24)8-11-9-26-16(23-11)13-3-1-2-6-21-13/h1-7,9,17H,8H2,(H,22,24). The Morgan fingerprint density at radius 2 is 2.15 bits per heavy atom. The first-order valence-corrected chi connectivity index (χ1v) is 8.67. The zero-order valence-corrected chi connectivity index (χ0v) is 14.7. The van der Waals surface area contributed by atoms with E-state index in [0.29, 0.717) is 11.4 Å². The van der Waals surface area contributed by atoms with Crippen molar-refractivity contribution in [3.63, 3.8) is 0 Å². The Morgan fingerprint density at radius 1 is 1.31 bits per heavy atom. The number of halogens is 3. The van der Waals surface area contributed by atoms with Crippen LogP contribution in [0.1, 0.15) is 5.69 Å². The number of benzene rings is 1. The Bertz CT molecular complexity index is 906. The van der Waals surface area contributed by atoms with E-state index < -0.39 is 6.61 Å². The summed E-state index contributed by atoms with van der Waals surface area (Å²) in [6.45, 7) is -2.97. The van der Waals surface area contributed by atoms with Gasteiger partial charge in [0.1, 0.15) is 10.8 Å². The van der Waals surface area contributed by atoms with E-state index in [1.807, 2.05) is 18.2 Å². The third-order valence-electron chi connectivity index (χ3n) is 3.21. The molecule has 2 heterocycles. The van der Waals surface area contributed by atoms with Crippen molar-refractivity contribution in [3.05, 3.63) is 58.7 Å². The van der Waals surface area contributed by atoms with E-state index in [-0.39, 0.29) is 23.1 Å². The lowest BCUT2D eigenvalue weighted by molar-refractivity contribution is -0.115. The summed E-state index contributed by atoms with van der Waals surface area (Å²) in [5, 5.41) is 5.14. The first-order valence-electron chi connectivity index (χ1n) is 7.41. The van der Waals surface area contributed by atoms with Crippen molar-refractivity contribution in [1.82, 2.24) is 9.97 Å². The van der Waals surface area contributed by atoms with Crippen molar-refractivity contribution in [3.8, 4) is 16.5 Å². The summed E-state index contributed by atoms with van der Waals surface area (Å²) in [7, 11) is 0. The molecule has 1 N–H and O–H groups in total. The maximum atomic E-state index is 12.2. The number of hydrogen-bond acceptors (Lipinski definition) is 5. The maximum absolute atomic E-state index is 12.2. The maximum Gasteiger partial charge on any atom is 0.387 e. The van der Waals surface area contributed by atoms with Crippen molar-refractivity contribution >= 4 is 34.5 Å². The number of carbonyl (C=O) groups excluding carboxylic acids is 1. The molecule has 0 saturated heterocycles. The highest BCUT2D eigenvalue weighted by Crippen LogP contribution is 2.29. The molecule has 0 radical (unpaired) electrons. The van der Waals surface area contributed by atoms with Gasteiger partial charge in [0.15, 0.2) is 0 Å². The van der Waals surface area contributed by atoms with Crippen LogP contribution in [0.4, 0.5) is 14.5 Å². The summed E-state index contributed by atoms with van der Waals surface area (Å²) >= 11 is 7.26. The Balaban J connectivity index is 1.63. The van der Waals surface area contributed by atoms with Crippen molar-refractivity contribution in [2.24, 2.45) is 0 Å². The number of nitrogens with zero attached hydrogens (tertiary/aromatic N) is 2. The van der Waals surface area contributed by atoms with Gasteiger partial charge in [-0.2, -0.15) is 8.78 Å². The molecule has 0 unspecified atom stereocenters. The molecule has 3 aromatic rings. The zero-order chi connectivity index (χ0) is 18.5. The third-order valence-corrected chi connectivity index (χ3v) is 4.42. The predicted octanol–water partition coefficient (Wildman–Crippen LogP) is 4.64. The molecule has 0 aliphatic rings. The van der Waals surface area contributed by atoms with E-state index in [4.69, 9.17) is 11.6 Å². The molecule has 5 nitrogen and oxygen atoms in total. The lowest BCUT2D eigenvalue weighted by Crippen LogP contribution is -2.14.